The molecule has 3 nitrogen and oxygen atoms in total. The third kappa shape index (κ3) is 4.60. The van der Waals surface area contributed by atoms with Crippen molar-refractivity contribution in [2.45, 2.75) is 46.6 Å². The van der Waals surface area contributed by atoms with Crippen LogP contribution in [-0.2, 0) is 11.2 Å². The molecule has 0 amide bonds. The van der Waals surface area contributed by atoms with E-state index < -0.39 is 5.97 Å². The second-order valence-corrected chi connectivity index (χ2v) is 6.67. The van der Waals surface area contributed by atoms with Crippen LogP contribution in [0.1, 0.15) is 45.2 Å². The molecule has 0 aromatic heterocycles. The average Bonchev–Trinajstić information content (AvgIpc) is 2.52. The molecule has 0 fully saturated rings. The van der Waals surface area contributed by atoms with Crippen LogP contribution in [0.4, 0.5) is 5.69 Å². The molecule has 1 aliphatic rings. The van der Waals surface area contributed by atoms with E-state index >= 15 is 0 Å². The lowest BCUT2D eigenvalue weighted by Crippen LogP contribution is -2.35. The van der Waals surface area contributed by atoms with Crippen molar-refractivity contribution < 1.29 is 9.90 Å². The van der Waals surface area contributed by atoms with Crippen molar-refractivity contribution in [1.29, 1.82) is 0 Å². The highest BCUT2D eigenvalue weighted by Gasteiger charge is 2.19. The van der Waals surface area contributed by atoms with Gasteiger partial charge < -0.3 is 10.0 Å². The molecule has 2 rings (SSSR count). The van der Waals surface area contributed by atoms with Gasteiger partial charge in [0.25, 0.3) is 0 Å². The number of allylic oxidation sites excluding steroid dienone is 5. The SMILES string of the molecule is CC(/C=C/C=C(\C)c1ccc2c(c1)CCCN2C(C)C)=C\C(=O)O. The van der Waals surface area contributed by atoms with Crippen molar-refractivity contribution >= 4 is 17.2 Å². The van der Waals surface area contributed by atoms with Crippen LogP contribution < -0.4 is 4.90 Å². The minimum Gasteiger partial charge on any atom is -0.478 e. The summed E-state index contributed by atoms with van der Waals surface area (Å²) in [6.07, 6.45) is 9.30. The molecule has 0 saturated heterocycles. The number of aryl methyl sites for hydroxylation is 1. The van der Waals surface area contributed by atoms with Crippen LogP contribution in [-0.4, -0.2) is 23.7 Å². The first-order valence-electron chi connectivity index (χ1n) is 8.54. The summed E-state index contributed by atoms with van der Waals surface area (Å²) in [6, 6.07) is 7.24. The predicted octanol–water partition coefficient (Wildman–Crippen LogP) is 4.84. The summed E-state index contributed by atoms with van der Waals surface area (Å²) >= 11 is 0. The Hall–Kier alpha value is -2.29. The van der Waals surface area contributed by atoms with Gasteiger partial charge in [-0.2, -0.15) is 0 Å². The minimum absolute atomic E-state index is 0.526. The Bertz CT molecular complexity index is 696. The number of hydrogen-bond acceptors (Lipinski definition) is 2. The summed E-state index contributed by atoms with van der Waals surface area (Å²) in [7, 11) is 0. The standard InChI is InChI=1S/C21H27NO2/c1-15(2)22-12-6-9-19-14-18(10-11-20(19)22)17(4)8-5-7-16(3)13-21(23)24/h5,7-8,10-11,13-15H,6,9,12H2,1-4H3,(H,23,24)/b7-5+,16-13+,17-8+. The van der Waals surface area contributed by atoms with Gasteiger partial charge in [-0.3, -0.25) is 0 Å². The first-order valence-corrected chi connectivity index (χ1v) is 8.54. The molecular weight excluding hydrogens is 298 g/mol. The lowest BCUT2D eigenvalue weighted by molar-refractivity contribution is -0.131. The lowest BCUT2D eigenvalue weighted by Gasteiger charge is -2.35. The van der Waals surface area contributed by atoms with E-state index in [1.807, 2.05) is 18.2 Å². The van der Waals surface area contributed by atoms with Crippen LogP contribution in [0.25, 0.3) is 5.57 Å². The maximum absolute atomic E-state index is 10.6. The van der Waals surface area contributed by atoms with E-state index in [-0.39, 0.29) is 0 Å². The van der Waals surface area contributed by atoms with Gasteiger partial charge in [-0.15, -0.1) is 0 Å². The number of aliphatic carboxylic acids is 1. The van der Waals surface area contributed by atoms with Crippen molar-refractivity contribution in [3.05, 3.63) is 59.2 Å². The van der Waals surface area contributed by atoms with Crippen LogP contribution in [0, 0.1) is 0 Å². The van der Waals surface area contributed by atoms with Crippen LogP contribution >= 0.6 is 0 Å². The molecule has 3 heteroatoms. The molecule has 0 aliphatic carbocycles. The van der Waals surface area contributed by atoms with Crippen molar-refractivity contribution in [1.82, 2.24) is 0 Å². The van der Waals surface area contributed by atoms with Crippen LogP contribution in [0.3, 0.4) is 0 Å². The molecule has 0 unspecified atom stereocenters. The maximum atomic E-state index is 10.6. The van der Waals surface area contributed by atoms with Gasteiger partial charge in [0.2, 0.25) is 0 Å². The summed E-state index contributed by atoms with van der Waals surface area (Å²) < 4.78 is 0. The molecule has 0 saturated carbocycles. The normalized spacial score (nSPS) is 16.0. The zero-order valence-electron chi connectivity index (χ0n) is 15.0. The fraction of sp³-hybridized carbons (Fsp3) is 0.381. The molecule has 0 spiro atoms. The third-order valence-electron chi connectivity index (χ3n) is 4.37. The Morgan fingerprint density at radius 2 is 2.04 bits per heavy atom. The molecule has 128 valence electrons. The number of fused-ring (bicyclic) bond motifs is 1. The number of carbonyl (C=O) groups is 1. The summed E-state index contributed by atoms with van der Waals surface area (Å²) in [4.78, 5) is 13.1. The molecule has 1 N–H and O–H groups in total. The Labute approximate surface area is 145 Å². The summed E-state index contributed by atoms with van der Waals surface area (Å²) in [5.41, 5.74) is 5.92. The van der Waals surface area contributed by atoms with E-state index in [1.165, 1.54) is 34.9 Å². The highest BCUT2D eigenvalue weighted by Crippen LogP contribution is 2.31. The van der Waals surface area contributed by atoms with E-state index in [4.69, 9.17) is 5.11 Å². The van der Waals surface area contributed by atoms with Gasteiger partial charge in [0.1, 0.15) is 0 Å². The molecule has 1 aliphatic heterocycles. The van der Waals surface area contributed by atoms with E-state index in [2.05, 4.69) is 43.9 Å². The fourth-order valence-corrected chi connectivity index (χ4v) is 3.09. The highest BCUT2D eigenvalue weighted by atomic mass is 16.4. The first kappa shape index (κ1) is 18.1. The fourth-order valence-electron chi connectivity index (χ4n) is 3.09. The summed E-state index contributed by atoms with van der Waals surface area (Å²) in [6.45, 7) is 9.49. The number of anilines is 1. The largest absolute Gasteiger partial charge is 0.478 e. The van der Waals surface area contributed by atoms with Gasteiger partial charge in [0.05, 0.1) is 0 Å². The Morgan fingerprint density at radius 3 is 2.71 bits per heavy atom. The van der Waals surface area contributed by atoms with Gasteiger partial charge in [-0.1, -0.05) is 24.3 Å². The molecular formula is C21H27NO2. The van der Waals surface area contributed by atoms with Crippen LogP contribution in [0.5, 0.6) is 0 Å². The third-order valence-corrected chi connectivity index (χ3v) is 4.37. The quantitative estimate of drug-likeness (QED) is 0.622. The van der Waals surface area contributed by atoms with E-state index in [0.717, 1.165) is 18.5 Å². The monoisotopic (exact) mass is 325 g/mol. The van der Waals surface area contributed by atoms with Crippen molar-refractivity contribution in [2.24, 2.45) is 0 Å². The number of hydrogen-bond donors (Lipinski definition) is 1. The zero-order chi connectivity index (χ0) is 17.7. The predicted molar refractivity (Wildman–Crippen MR) is 101 cm³/mol. The number of benzene rings is 1. The number of carboxylic acids is 1. The van der Waals surface area contributed by atoms with E-state index in [9.17, 15) is 4.79 Å². The molecule has 1 heterocycles. The van der Waals surface area contributed by atoms with Gasteiger partial charge in [-0.25, -0.2) is 4.79 Å². The maximum Gasteiger partial charge on any atom is 0.328 e. The molecule has 24 heavy (non-hydrogen) atoms. The summed E-state index contributed by atoms with van der Waals surface area (Å²) in [5.74, 6) is -0.915. The Morgan fingerprint density at radius 1 is 1.29 bits per heavy atom. The van der Waals surface area contributed by atoms with Gasteiger partial charge in [0, 0.05) is 24.4 Å². The Balaban J connectivity index is 2.19. The van der Waals surface area contributed by atoms with Crippen LogP contribution in [0.15, 0.2) is 48.1 Å². The number of nitrogens with zero attached hydrogens (tertiary/aromatic N) is 1. The van der Waals surface area contributed by atoms with Gasteiger partial charge in [-0.05, 0) is 74.9 Å². The van der Waals surface area contributed by atoms with Crippen LogP contribution in [0.2, 0.25) is 0 Å². The number of rotatable bonds is 5. The van der Waals surface area contributed by atoms with E-state index in [1.54, 1.807) is 6.92 Å². The van der Waals surface area contributed by atoms with E-state index in [0.29, 0.717) is 6.04 Å². The molecule has 0 atom stereocenters. The summed E-state index contributed by atoms with van der Waals surface area (Å²) in [5, 5.41) is 8.71. The highest BCUT2D eigenvalue weighted by molar-refractivity contribution is 5.81. The van der Waals surface area contributed by atoms with Gasteiger partial charge >= 0.3 is 5.97 Å². The first-order chi connectivity index (χ1) is 11.4. The molecule has 1 aromatic rings. The second kappa shape index (κ2) is 8.00. The zero-order valence-corrected chi connectivity index (χ0v) is 15.0. The molecule has 0 radical (unpaired) electrons. The minimum atomic E-state index is -0.915. The van der Waals surface area contributed by atoms with Crippen molar-refractivity contribution in [3.63, 3.8) is 0 Å². The topological polar surface area (TPSA) is 40.5 Å². The Kier molecular flexibility index (Phi) is 6.02. The molecule has 1 aromatic carbocycles. The van der Waals surface area contributed by atoms with Gasteiger partial charge in [0.15, 0.2) is 0 Å². The molecule has 0 bridgehead atoms. The number of carboxylic acid groups (broad SMARTS) is 1. The second-order valence-electron chi connectivity index (χ2n) is 6.67. The van der Waals surface area contributed by atoms with Crippen molar-refractivity contribution in [2.75, 3.05) is 11.4 Å². The average molecular weight is 325 g/mol. The van der Waals surface area contributed by atoms with Crippen molar-refractivity contribution in [3.8, 4) is 0 Å². The lowest BCUT2D eigenvalue weighted by atomic mass is 9.95. The smallest absolute Gasteiger partial charge is 0.328 e.